The van der Waals surface area contributed by atoms with E-state index in [1.807, 2.05) is 0 Å². The fourth-order valence-corrected chi connectivity index (χ4v) is 1.78. The van der Waals surface area contributed by atoms with Crippen molar-refractivity contribution in [3.05, 3.63) is 53.7 Å². The maximum absolute atomic E-state index is 12.8. The minimum absolute atomic E-state index is 0.0511. The van der Waals surface area contributed by atoms with Crippen LogP contribution in [0.2, 0.25) is 0 Å². The fourth-order valence-electron chi connectivity index (χ4n) is 1.78. The summed E-state index contributed by atoms with van der Waals surface area (Å²) in [6.07, 6.45) is 0. The van der Waals surface area contributed by atoms with E-state index in [9.17, 15) is 14.0 Å². The van der Waals surface area contributed by atoms with Crippen LogP contribution in [0.4, 0.5) is 4.39 Å². The van der Waals surface area contributed by atoms with Crippen LogP contribution >= 0.6 is 0 Å². The molecule has 128 valence electrons. The van der Waals surface area contributed by atoms with Gasteiger partial charge in [-0.1, -0.05) is 20.8 Å². The number of ether oxygens (including phenoxy) is 1. The molecule has 0 fully saturated rings. The Morgan fingerprint density at radius 3 is 2.42 bits per heavy atom. The second-order valence-corrected chi connectivity index (χ2v) is 6.36. The Morgan fingerprint density at radius 1 is 1.12 bits per heavy atom. The first-order valence-electron chi connectivity index (χ1n) is 7.54. The van der Waals surface area contributed by atoms with E-state index in [-0.39, 0.29) is 30.5 Å². The molecule has 0 spiro atoms. The Kier molecular flexibility index (Phi) is 5.39. The van der Waals surface area contributed by atoms with E-state index < -0.39 is 11.3 Å². The number of furan rings is 1. The van der Waals surface area contributed by atoms with Gasteiger partial charge in [0.05, 0.1) is 6.54 Å². The molecule has 24 heavy (non-hydrogen) atoms. The average Bonchev–Trinajstić information content (AvgIpc) is 3.00. The number of amides is 1. The molecule has 0 aliphatic carbocycles. The van der Waals surface area contributed by atoms with Crippen LogP contribution in [0.3, 0.4) is 0 Å². The van der Waals surface area contributed by atoms with E-state index in [4.69, 9.17) is 9.15 Å². The molecule has 2 rings (SSSR count). The highest BCUT2D eigenvalue weighted by Crippen LogP contribution is 2.16. The van der Waals surface area contributed by atoms with E-state index in [1.54, 1.807) is 26.8 Å². The first-order valence-corrected chi connectivity index (χ1v) is 7.54. The molecule has 0 radical (unpaired) electrons. The second kappa shape index (κ2) is 7.29. The molecule has 0 aliphatic heterocycles. The summed E-state index contributed by atoms with van der Waals surface area (Å²) < 4.78 is 23.6. The Balaban J connectivity index is 1.87. The zero-order chi connectivity index (χ0) is 17.7. The number of rotatable bonds is 6. The van der Waals surface area contributed by atoms with Gasteiger partial charge in [-0.15, -0.1) is 0 Å². The average molecular weight is 333 g/mol. The third-order valence-electron chi connectivity index (χ3n) is 3.33. The molecule has 1 N–H and O–H groups in total. The molecule has 6 heteroatoms. The molecule has 1 heterocycles. The van der Waals surface area contributed by atoms with Gasteiger partial charge in [0, 0.05) is 5.41 Å². The first-order chi connectivity index (χ1) is 11.3. The van der Waals surface area contributed by atoms with Crippen LogP contribution in [0.1, 0.15) is 37.1 Å². The van der Waals surface area contributed by atoms with Crippen LogP contribution in [0.25, 0.3) is 0 Å². The lowest BCUT2D eigenvalue weighted by Crippen LogP contribution is -2.35. The Labute approximate surface area is 139 Å². The summed E-state index contributed by atoms with van der Waals surface area (Å²) in [5.74, 6) is 0.183. The summed E-state index contributed by atoms with van der Waals surface area (Å²) in [7, 11) is 0. The smallest absolute Gasteiger partial charge is 0.287 e. The van der Waals surface area contributed by atoms with Gasteiger partial charge in [-0.3, -0.25) is 9.59 Å². The van der Waals surface area contributed by atoms with Crippen LogP contribution in [-0.2, 0) is 11.4 Å². The van der Waals surface area contributed by atoms with Gasteiger partial charge in [0.25, 0.3) is 5.91 Å². The lowest BCUT2D eigenvalue weighted by atomic mass is 9.91. The van der Waals surface area contributed by atoms with Crippen molar-refractivity contribution in [1.82, 2.24) is 5.32 Å². The molecule has 0 saturated heterocycles. The van der Waals surface area contributed by atoms with Gasteiger partial charge >= 0.3 is 0 Å². The van der Waals surface area contributed by atoms with Crippen molar-refractivity contribution in [2.24, 2.45) is 5.41 Å². The maximum atomic E-state index is 12.8. The van der Waals surface area contributed by atoms with Crippen molar-refractivity contribution in [1.29, 1.82) is 0 Å². The predicted octanol–water partition coefficient (Wildman–Crippen LogP) is 3.34. The lowest BCUT2D eigenvalue weighted by molar-refractivity contribution is -0.125. The number of nitrogens with one attached hydrogen (secondary N) is 1. The zero-order valence-corrected chi connectivity index (χ0v) is 13.9. The van der Waals surface area contributed by atoms with Gasteiger partial charge in [0.1, 0.15) is 23.9 Å². The van der Waals surface area contributed by atoms with Crippen molar-refractivity contribution < 1.29 is 23.1 Å². The van der Waals surface area contributed by atoms with E-state index in [0.717, 1.165) is 0 Å². The van der Waals surface area contributed by atoms with Crippen molar-refractivity contribution in [2.75, 3.05) is 6.54 Å². The van der Waals surface area contributed by atoms with Crippen molar-refractivity contribution in [3.8, 4) is 5.75 Å². The number of hydrogen-bond acceptors (Lipinski definition) is 4. The minimum Gasteiger partial charge on any atom is -0.486 e. The van der Waals surface area contributed by atoms with E-state index in [0.29, 0.717) is 11.5 Å². The molecule has 5 nitrogen and oxygen atoms in total. The quantitative estimate of drug-likeness (QED) is 0.880. The highest BCUT2D eigenvalue weighted by Gasteiger charge is 2.22. The van der Waals surface area contributed by atoms with Gasteiger partial charge < -0.3 is 14.5 Å². The molecule has 0 aliphatic rings. The van der Waals surface area contributed by atoms with Crippen LogP contribution in [-0.4, -0.2) is 18.2 Å². The van der Waals surface area contributed by atoms with E-state index >= 15 is 0 Å². The summed E-state index contributed by atoms with van der Waals surface area (Å²) in [6, 6.07) is 8.73. The predicted molar refractivity (Wildman–Crippen MR) is 86.2 cm³/mol. The Bertz CT molecular complexity index is 713. The van der Waals surface area contributed by atoms with E-state index in [2.05, 4.69) is 5.32 Å². The first kappa shape index (κ1) is 17.7. The number of ketones is 1. The molecule has 1 aromatic carbocycles. The molecule has 0 unspecified atom stereocenters. The SMILES string of the molecule is CC(C)(C)C(=O)CNC(=O)c1ccc(COc2ccc(F)cc2)o1. The second-order valence-electron chi connectivity index (χ2n) is 6.36. The molecule has 2 aromatic rings. The molecular weight excluding hydrogens is 313 g/mol. The third-order valence-corrected chi connectivity index (χ3v) is 3.33. The maximum Gasteiger partial charge on any atom is 0.287 e. The Hall–Kier alpha value is -2.63. The summed E-state index contributed by atoms with van der Waals surface area (Å²) >= 11 is 0. The van der Waals surface area contributed by atoms with Gasteiger partial charge in [-0.05, 0) is 36.4 Å². The number of carbonyl (C=O) groups is 2. The Morgan fingerprint density at radius 2 is 1.79 bits per heavy atom. The highest BCUT2D eigenvalue weighted by atomic mass is 19.1. The normalized spacial score (nSPS) is 11.2. The topological polar surface area (TPSA) is 68.5 Å². The van der Waals surface area contributed by atoms with Crippen molar-refractivity contribution in [3.63, 3.8) is 0 Å². The van der Waals surface area contributed by atoms with E-state index in [1.165, 1.54) is 30.3 Å². The monoisotopic (exact) mass is 333 g/mol. The standard InChI is InChI=1S/C18H20FNO4/c1-18(2,3)16(21)10-20-17(22)15-9-8-14(24-15)11-23-13-6-4-12(19)5-7-13/h4-9H,10-11H2,1-3H3,(H,20,22). The summed E-state index contributed by atoms with van der Waals surface area (Å²) in [5.41, 5.74) is -0.509. The third kappa shape index (κ3) is 4.94. The van der Waals surface area contributed by atoms with Gasteiger partial charge in [-0.25, -0.2) is 4.39 Å². The molecule has 1 amide bonds. The van der Waals surface area contributed by atoms with Crippen molar-refractivity contribution in [2.45, 2.75) is 27.4 Å². The summed E-state index contributed by atoms with van der Waals surface area (Å²) in [6.45, 7) is 5.43. The van der Waals surface area contributed by atoms with Crippen LogP contribution in [0, 0.1) is 11.2 Å². The fraction of sp³-hybridized carbons (Fsp3) is 0.333. The number of hydrogen-bond donors (Lipinski definition) is 1. The largest absolute Gasteiger partial charge is 0.486 e. The number of carbonyl (C=O) groups excluding carboxylic acids is 2. The number of Topliss-reactive ketones (excluding diaryl/α,β-unsaturated/α-hetero) is 1. The van der Waals surface area contributed by atoms with Gasteiger partial charge in [0.2, 0.25) is 0 Å². The van der Waals surface area contributed by atoms with Crippen LogP contribution in [0.5, 0.6) is 5.75 Å². The molecule has 0 bridgehead atoms. The summed E-state index contributed by atoms with van der Waals surface area (Å²) in [4.78, 5) is 23.8. The van der Waals surface area contributed by atoms with Gasteiger partial charge in [-0.2, -0.15) is 0 Å². The van der Waals surface area contributed by atoms with Crippen LogP contribution in [0.15, 0.2) is 40.8 Å². The summed E-state index contributed by atoms with van der Waals surface area (Å²) in [5, 5.41) is 2.53. The number of halogens is 1. The van der Waals surface area contributed by atoms with Crippen LogP contribution < -0.4 is 10.1 Å². The molecule has 0 saturated carbocycles. The zero-order valence-electron chi connectivity index (χ0n) is 13.9. The molecular formula is C18H20FNO4. The minimum atomic E-state index is -0.509. The van der Waals surface area contributed by atoms with Gasteiger partial charge in [0.15, 0.2) is 11.5 Å². The lowest BCUT2D eigenvalue weighted by Gasteiger charge is -2.16. The highest BCUT2D eigenvalue weighted by molar-refractivity contribution is 5.95. The molecule has 0 atom stereocenters. The molecule has 1 aromatic heterocycles. The number of benzene rings is 1. The van der Waals surface area contributed by atoms with Crippen molar-refractivity contribution >= 4 is 11.7 Å².